The molecule has 3 rings (SSSR count). The van der Waals surface area contributed by atoms with Crippen molar-refractivity contribution in [3.05, 3.63) is 58.1 Å². The number of carbonyl (C=O) groups excluding carboxylic acids is 1. The number of hydrogen-bond acceptors (Lipinski definition) is 6. The number of nitrogens with one attached hydrogen (secondary N) is 1. The van der Waals surface area contributed by atoms with Crippen molar-refractivity contribution in [3.8, 4) is 11.5 Å². The SMILES string of the molecule is Cc1nc(-c2ccc(C(=O)NCCc3ccc(S(N)(=O)=O)cc3)o2)cs1. The molecule has 7 nitrogen and oxygen atoms in total. The van der Waals surface area contributed by atoms with E-state index < -0.39 is 10.0 Å². The number of amides is 1. The van der Waals surface area contributed by atoms with Gasteiger partial charge in [0.05, 0.1) is 9.90 Å². The summed E-state index contributed by atoms with van der Waals surface area (Å²) >= 11 is 1.51. The van der Waals surface area contributed by atoms with E-state index >= 15 is 0 Å². The summed E-state index contributed by atoms with van der Waals surface area (Å²) in [6.45, 7) is 2.29. The van der Waals surface area contributed by atoms with Crippen LogP contribution in [0.2, 0.25) is 0 Å². The zero-order chi connectivity index (χ0) is 18.7. The normalized spacial score (nSPS) is 11.5. The quantitative estimate of drug-likeness (QED) is 0.669. The maximum Gasteiger partial charge on any atom is 0.287 e. The minimum Gasteiger partial charge on any atom is -0.449 e. The number of thiazole rings is 1. The van der Waals surface area contributed by atoms with Crippen LogP contribution in [0.3, 0.4) is 0 Å². The number of nitrogens with two attached hydrogens (primary N) is 1. The van der Waals surface area contributed by atoms with Crippen molar-refractivity contribution in [3.63, 3.8) is 0 Å². The molecule has 0 saturated heterocycles. The summed E-state index contributed by atoms with van der Waals surface area (Å²) in [7, 11) is -3.70. The molecule has 9 heteroatoms. The minimum absolute atomic E-state index is 0.0608. The van der Waals surface area contributed by atoms with E-state index in [2.05, 4.69) is 10.3 Å². The van der Waals surface area contributed by atoms with Crippen LogP contribution >= 0.6 is 11.3 Å². The molecule has 0 radical (unpaired) electrons. The van der Waals surface area contributed by atoms with E-state index in [1.165, 1.54) is 23.5 Å². The molecular weight excluding hydrogens is 374 g/mol. The maximum atomic E-state index is 12.2. The third-order valence-corrected chi connectivity index (χ3v) is 5.36. The largest absolute Gasteiger partial charge is 0.449 e. The van der Waals surface area contributed by atoms with Gasteiger partial charge < -0.3 is 9.73 Å². The van der Waals surface area contributed by atoms with Gasteiger partial charge in [0.2, 0.25) is 10.0 Å². The van der Waals surface area contributed by atoms with E-state index in [-0.39, 0.29) is 16.6 Å². The van der Waals surface area contributed by atoms with Gasteiger partial charge in [-0.3, -0.25) is 4.79 Å². The smallest absolute Gasteiger partial charge is 0.287 e. The zero-order valence-electron chi connectivity index (χ0n) is 13.9. The van der Waals surface area contributed by atoms with Crippen molar-refractivity contribution in [1.29, 1.82) is 0 Å². The number of sulfonamides is 1. The van der Waals surface area contributed by atoms with Gasteiger partial charge in [-0.25, -0.2) is 18.5 Å². The van der Waals surface area contributed by atoms with E-state index in [9.17, 15) is 13.2 Å². The molecule has 0 aliphatic heterocycles. The lowest BCUT2D eigenvalue weighted by atomic mass is 10.1. The average Bonchev–Trinajstić information content (AvgIpc) is 3.23. The summed E-state index contributed by atoms with van der Waals surface area (Å²) in [5.74, 6) is 0.456. The zero-order valence-corrected chi connectivity index (χ0v) is 15.6. The summed E-state index contributed by atoms with van der Waals surface area (Å²) in [6.07, 6.45) is 0.551. The lowest BCUT2D eigenvalue weighted by Crippen LogP contribution is -2.25. The first-order valence-corrected chi connectivity index (χ1v) is 10.2. The second-order valence-electron chi connectivity index (χ2n) is 5.61. The van der Waals surface area contributed by atoms with Gasteiger partial charge in [-0.05, 0) is 43.2 Å². The van der Waals surface area contributed by atoms with Gasteiger partial charge in [-0.15, -0.1) is 11.3 Å². The van der Waals surface area contributed by atoms with Crippen molar-refractivity contribution in [2.45, 2.75) is 18.2 Å². The van der Waals surface area contributed by atoms with Crippen LogP contribution in [0.4, 0.5) is 0 Å². The summed E-state index contributed by atoms with van der Waals surface area (Å²) < 4.78 is 28.0. The Bertz CT molecular complexity index is 1020. The minimum atomic E-state index is -3.70. The molecule has 26 heavy (non-hydrogen) atoms. The van der Waals surface area contributed by atoms with Crippen LogP contribution in [0.5, 0.6) is 0 Å². The number of aryl methyl sites for hydroxylation is 1. The number of aromatic nitrogens is 1. The number of furan rings is 1. The summed E-state index contributed by atoms with van der Waals surface area (Å²) in [5.41, 5.74) is 1.59. The molecule has 3 aromatic rings. The fourth-order valence-electron chi connectivity index (χ4n) is 2.33. The lowest BCUT2D eigenvalue weighted by Gasteiger charge is -2.05. The number of rotatable bonds is 6. The van der Waals surface area contributed by atoms with E-state index in [1.807, 2.05) is 12.3 Å². The first-order chi connectivity index (χ1) is 12.3. The molecule has 0 atom stereocenters. The fourth-order valence-corrected chi connectivity index (χ4v) is 3.44. The highest BCUT2D eigenvalue weighted by molar-refractivity contribution is 7.89. The van der Waals surface area contributed by atoms with Gasteiger partial charge >= 0.3 is 0 Å². The van der Waals surface area contributed by atoms with Crippen molar-refractivity contribution < 1.29 is 17.6 Å². The molecule has 2 heterocycles. The van der Waals surface area contributed by atoms with E-state index in [0.717, 1.165) is 10.6 Å². The molecule has 1 aromatic carbocycles. The lowest BCUT2D eigenvalue weighted by molar-refractivity contribution is 0.0927. The Morgan fingerprint density at radius 3 is 2.58 bits per heavy atom. The standard InChI is InChI=1S/C17H17N3O4S2/c1-11-20-14(10-25-11)15-6-7-16(24-15)17(21)19-9-8-12-2-4-13(5-3-12)26(18,22)23/h2-7,10H,8-9H2,1H3,(H,19,21)(H2,18,22,23). The predicted octanol–water partition coefficient (Wildman–Crippen LogP) is 2.33. The van der Waals surface area contributed by atoms with E-state index in [1.54, 1.807) is 24.3 Å². The monoisotopic (exact) mass is 391 g/mol. The van der Waals surface area contributed by atoms with Gasteiger partial charge in [0, 0.05) is 11.9 Å². The Balaban J connectivity index is 1.55. The number of hydrogen-bond donors (Lipinski definition) is 2. The van der Waals surface area contributed by atoms with Crippen LogP contribution in [0, 0.1) is 6.92 Å². The van der Waals surface area contributed by atoms with Gasteiger partial charge in [0.1, 0.15) is 5.69 Å². The molecule has 136 valence electrons. The van der Waals surface area contributed by atoms with Gasteiger partial charge in [0.15, 0.2) is 11.5 Å². The van der Waals surface area contributed by atoms with Crippen molar-refractivity contribution >= 4 is 27.3 Å². The van der Waals surface area contributed by atoms with Crippen LogP contribution in [0.25, 0.3) is 11.5 Å². The summed E-state index contributed by atoms with van der Waals surface area (Å²) in [5, 5.41) is 10.6. The highest BCUT2D eigenvalue weighted by Crippen LogP contribution is 2.23. The maximum absolute atomic E-state index is 12.2. The molecule has 2 aromatic heterocycles. The van der Waals surface area contributed by atoms with Crippen molar-refractivity contribution in [2.75, 3.05) is 6.54 Å². The summed E-state index contributed by atoms with van der Waals surface area (Å²) in [6, 6.07) is 9.56. The Kier molecular flexibility index (Phi) is 5.21. The fraction of sp³-hybridized carbons (Fsp3) is 0.176. The second-order valence-corrected chi connectivity index (χ2v) is 8.23. The van der Waals surface area contributed by atoms with Gasteiger partial charge in [-0.2, -0.15) is 0 Å². The first kappa shape index (κ1) is 18.3. The highest BCUT2D eigenvalue weighted by Gasteiger charge is 2.13. The van der Waals surface area contributed by atoms with Crippen molar-refractivity contribution in [1.82, 2.24) is 10.3 Å². The van der Waals surface area contributed by atoms with E-state index in [4.69, 9.17) is 9.56 Å². The van der Waals surface area contributed by atoms with Gasteiger partial charge in [-0.1, -0.05) is 12.1 Å². The molecule has 3 N–H and O–H groups in total. The van der Waals surface area contributed by atoms with Crippen LogP contribution in [0.1, 0.15) is 21.1 Å². The highest BCUT2D eigenvalue weighted by atomic mass is 32.2. The number of nitrogens with zero attached hydrogens (tertiary/aromatic N) is 1. The second kappa shape index (κ2) is 7.40. The Morgan fingerprint density at radius 2 is 1.96 bits per heavy atom. The van der Waals surface area contributed by atoms with Crippen molar-refractivity contribution in [2.24, 2.45) is 5.14 Å². The third-order valence-electron chi connectivity index (χ3n) is 3.65. The Morgan fingerprint density at radius 1 is 1.23 bits per heavy atom. The van der Waals surface area contributed by atoms with E-state index in [0.29, 0.717) is 24.4 Å². The molecule has 0 spiro atoms. The Labute approximate surface area is 154 Å². The predicted molar refractivity (Wildman–Crippen MR) is 98.4 cm³/mol. The number of carbonyl (C=O) groups is 1. The third kappa shape index (κ3) is 4.37. The van der Waals surface area contributed by atoms with Crippen LogP contribution < -0.4 is 10.5 Å². The molecule has 1 amide bonds. The number of benzene rings is 1. The van der Waals surface area contributed by atoms with Crippen LogP contribution in [-0.4, -0.2) is 25.9 Å². The molecule has 0 fully saturated rings. The van der Waals surface area contributed by atoms with Gasteiger partial charge in [0.25, 0.3) is 5.91 Å². The molecule has 0 aliphatic rings. The molecular formula is C17H17N3O4S2. The molecule has 0 aliphatic carbocycles. The number of primary sulfonamides is 1. The van der Waals surface area contributed by atoms with Crippen LogP contribution in [-0.2, 0) is 16.4 Å². The molecule has 0 saturated carbocycles. The topological polar surface area (TPSA) is 115 Å². The first-order valence-electron chi connectivity index (χ1n) is 7.75. The molecule has 0 unspecified atom stereocenters. The van der Waals surface area contributed by atoms with Crippen LogP contribution in [0.15, 0.2) is 51.1 Å². The Hall–Kier alpha value is -2.49. The average molecular weight is 391 g/mol. The molecule has 0 bridgehead atoms. The summed E-state index contributed by atoms with van der Waals surface area (Å²) in [4.78, 5) is 16.5.